The maximum absolute atomic E-state index is 11.1. The Kier molecular flexibility index (Phi) is 7.33. The Morgan fingerprint density at radius 2 is 1.72 bits per heavy atom. The van der Waals surface area contributed by atoms with Gasteiger partial charge in [-0.3, -0.25) is 4.79 Å². The van der Waals surface area contributed by atoms with Crippen LogP contribution >= 0.6 is 11.9 Å². The van der Waals surface area contributed by atoms with Crippen LogP contribution in [0.2, 0.25) is 0 Å². The molecule has 1 fully saturated rings. The molecule has 4 rings (SSSR count). The highest BCUT2D eigenvalue weighted by Gasteiger charge is 2.22. The molecule has 3 aromatic rings. The maximum atomic E-state index is 11.1. The molecule has 0 heterocycles. The fraction of sp³-hybridized carbons (Fsp3) is 0.296. The first-order valence-electron chi connectivity index (χ1n) is 11.0. The molecule has 0 radical (unpaired) electrons. The first-order chi connectivity index (χ1) is 15.6. The van der Waals surface area contributed by atoms with Crippen LogP contribution in [0.25, 0.3) is 11.1 Å². The minimum atomic E-state index is -0.428. The van der Waals surface area contributed by atoms with Crippen LogP contribution in [0.4, 0.5) is 0 Å². The predicted octanol–water partition coefficient (Wildman–Crippen LogP) is 6.66. The van der Waals surface area contributed by atoms with Crippen molar-refractivity contribution in [2.75, 3.05) is 6.61 Å². The third-order valence-corrected chi connectivity index (χ3v) is 5.82. The monoisotopic (exact) mass is 450 g/mol. The summed E-state index contributed by atoms with van der Waals surface area (Å²) in [5.41, 5.74) is 5.70. The summed E-state index contributed by atoms with van der Waals surface area (Å²) < 4.78 is 16.0. The number of hydrogen-bond acceptors (Lipinski definition) is 4. The normalized spacial score (nSPS) is 12.9. The Balaban J connectivity index is 1.35. The van der Waals surface area contributed by atoms with Crippen LogP contribution < -0.4 is 9.47 Å². The lowest BCUT2D eigenvalue weighted by molar-refractivity contribution is -0.133. The van der Waals surface area contributed by atoms with Gasteiger partial charge in [0.25, 0.3) is 0 Å². The summed E-state index contributed by atoms with van der Waals surface area (Å²) in [5.74, 6) is 2.05. The Morgan fingerprint density at radius 3 is 2.44 bits per heavy atom. The number of rotatable bonds is 10. The van der Waals surface area contributed by atoms with E-state index in [4.69, 9.17) is 21.3 Å². The smallest absolute Gasteiger partial charge is 0.325 e. The molecule has 3 aromatic carbocycles. The van der Waals surface area contributed by atoms with Crippen LogP contribution in [-0.2, 0) is 22.1 Å². The zero-order valence-corrected chi connectivity index (χ0v) is 18.9. The van der Waals surface area contributed by atoms with Crippen LogP contribution in [0.3, 0.4) is 0 Å². The molecule has 0 aliphatic heterocycles. The summed E-state index contributed by atoms with van der Waals surface area (Å²) in [5, 5.41) is 0. The van der Waals surface area contributed by atoms with E-state index in [0.717, 1.165) is 35.2 Å². The molecule has 1 aliphatic rings. The van der Waals surface area contributed by atoms with E-state index in [1.54, 1.807) is 0 Å². The highest BCUT2D eigenvalue weighted by atomic mass is 35.5. The minimum Gasteiger partial charge on any atom is -0.493 e. The third kappa shape index (κ3) is 6.27. The molecule has 0 aromatic heterocycles. The number of carbonyl (C=O) groups excluding carboxylic acids is 1. The standard InChI is InChI=1S/C27H27ClO4/c1-19-15-25(31-17-21-5-6-21)12-13-26(19)23-4-2-3-22(16-23)18-30-24-10-7-20(8-11-24)9-14-27(29)32-28/h2-4,7-8,10-13,15-16,21H,5-6,9,14,17-18H2,1H3. The van der Waals surface area contributed by atoms with Gasteiger partial charge in [-0.1, -0.05) is 36.4 Å². The van der Waals surface area contributed by atoms with Crippen LogP contribution in [0.5, 0.6) is 11.5 Å². The van der Waals surface area contributed by atoms with Crippen LogP contribution in [0, 0.1) is 12.8 Å². The second kappa shape index (κ2) is 10.6. The van der Waals surface area contributed by atoms with E-state index >= 15 is 0 Å². The van der Waals surface area contributed by atoms with E-state index < -0.39 is 5.97 Å². The van der Waals surface area contributed by atoms with E-state index in [0.29, 0.717) is 13.0 Å². The van der Waals surface area contributed by atoms with Gasteiger partial charge in [0.05, 0.1) is 13.0 Å². The molecule has 0 saturated heterocycles. The highest BCUT2D eigenvalue weighted by molar-refractivity contribution is 6.13. The van der Waals surface area contributed by atoms with Crippen molar-refractivity contribution in [2.24, 2.45) is 5.92 Å². The summed E-state index contributed by atoms with van der Waals surface area (Å²) in [6.07, 6.45) is 3.42. The van der Waals surface area contributed by atoms with Crippen LogP contribution in [-0.4, -0.2) is 12.6 Å². The lowest BCUT2D eigenvalue weighted by Crippen LogP contribution is -2.00. The number of hydrogen-bond donors (Lipinski definition) is 0. The number of carbonyl (C=O) groups is 1. The molecule has 1 saturated carbocycles. The van der Waals surface area contributed by atoms with Gasteiger partial charge in [0.1, 0.15) is 30.0 Å². The van der Waals surface area contributed by atoms with Crippen molar-refractivity contribution in [1.29, 1.82) is 0 Å². The first kappa shape index (κ1) is 22.2. The van der Waals surface area contributed by atoms with Gasteiger partial charge in [-0.15, -0.1) is 0 Å². The zero-order valence-electron chi connectivity index (χ0n) is 18.2. The van der Waals surface area contributed by atoms with Crippen molar-refractivity contribution < 1.29 is 18.6 Å². The second-order valence-corrected chi connectivity index (χ2v) is 8.47. The van der Waals surface area contributed by atoms with Gasteiger partial charge >= 0.3 is 5.97 Å². The summed E-state index contributed by atoms with van der Waals surface area (Å²) in [6, 6.07) is 22.4. The molecule has 0 N–H and O–H groups in total. The Morgan fingerprint density at radius 1 is 0.938 bits per heavy atom. The molecule has 1 aliphatic carbocycles. The number of ether oxygens (including phenoxy) is 2. The van der Waals surface area contributed by atoms with Gasteiger partial charge in [0.2, 0.25) is 0 Å². The Hall–Kier alpha value is -2.98. The molecule has 32 heavy (non-hydrogen) atoms. The van der Waals surface area contributed by atoms with E-state index in [1.165, 1.54) is 29.5 Å². The van der Waals surface area contributed by atoms with Gasteiger partial charge < -0.3 is 13.8 Å². The molecule has 0 amide bonds. The van der Waals surface area contributed by atoms with Gasteiger partial charge in [0, 0.05) is 0 Å². The van der Waals surface area contributed by atoms with Crippen molar-refractivity contribution >= 4 is 17.8 Å². The quantitative estimate of drug-likeness (QED) is 0.346. The SMILES string of the molecule is Cc1cc(OCC2CC2)ccc1-c1cccc(COc2ccc(CCC(=O)OCl)cc2)c1. The Bertz CT molecular complexity index is 1060. The fourth-order valence-electron chi connectivity index (χ4n) is 3.58. The largest absolute Gasteiger partial charge is 0.493 e. The molecular formula is C27H27ClO4. The number of halogens is 1. The van der Waals surface area contributed by atoms with Gasteiger partial charge in [-0.05, 0) is 90.3 Å². The van der Waals surface area contributed by atoms with E-state index in [2.05, 4.69) is 53.7 Å². The van der Waals surface area contributed by atoms with Gasteiger partial charge in [0.15, 0.2) is 0 Å². The van der Waals surface area contributed by atoms with Crippen molar-refractivity contribution in [1.82, 2.24) is 0 Å². The molecule has 0 bridgehead atoms. The summed E-state index contributed by atoms with van der Waals surface area (Å²) in [4.78, 5) is 11.1. The van der Waals surface area contributed by atoms with E-state index in [-0.39, 0.29) is 6.42 Å². The predicted molar refractivity (Wildman–Crippen MR) is 126 cm³/mol. The summed E-state index contributed by atoms with van der Waals surface area (Å²) >= 11 is 5.06. The van der Waals surface area contributed by atoms with E-state index in [9.17, 15) is 4.79 Å². The lowest BCUT2D eigenvalue weighted by Gasteiger charge is -2.12. The third-order valence-electron chi connectivity index (χ3n) is 5.65. The van der Waals surface area contributed by atoms with Crippen molar-refractivity contribution in [2.45, 2.75) is 39.2 Å². The molecule has 0 unspecified atom stereocenters. The van der Waals surface area contributed by atoms with Gasteiger partial charge in [-0.2, -0.15) is 0 Å². The fourth-order valence-corrected chi connectivity index (χ4v) is 3.66. The average molecular weight is 451 g/mol. The summed E-state index contributed by atoms with van der Waals surface area (Å²) in [7, 11) is 0. The number of aryl methyl sites for hydroxylation is 2. The average Bonchev–Trinajstić information content (AvgIpc) is 3.65. The topological polar surface area (TPSA) is 44.8 Å². The zero-order chi connectivity index (χ0) is 22.3. The van der Waals surface area contributed by atoms with Crippen molar-refractivity contribution in [3.8, 4) is 22.6 Å². The number of benzene rings is 3. The molecule has 5 heteroatoms. The van der Waals surface area contributed by atoms with Crippen LogP contribution in [0.15, 0.2) is 66.7 Å². The molecular weight excluding hydrogens is 424 g/mol. The van der Waals surface area contributed by atoms with Crippen molar-refractivity contribution in [3.63, 3.8) is 0 Å². The minimum absolute atomic E-state index is 0.254. The first-order valence-corrected chi connectivity index (χ1v) is 11.3. The molecule has 4 nitrogen and oxygen atoms in total. The van der Waals surface area contributed by atoms with Gasteiger partial charge in [-0.25, -0.2) is 0 Å². The summed E-state index contributed by atoms with van der Waals surface area (Å²) in [6.45, 7) is 3.43. The molecule has 0 spiro atoms. The molecule has 0 atom stereocenters. The highest BCUT2D eigenvalue weighted by Crippen LogP contribution is 2.31. The lowest BCUT2D eigenvalue weighted by atomic mass is 9.99. The maximum Gasteiger partial charge on any atom is 0.325 e. The van der Waals surface area contributed by atoms with Crippen molar-refractivity contribution in [3.05, 3.63) is 83.4 Å². The second-order valence-electron chi connectivity index (χ2n) is 8.31. The molecule has 166 valence electrons. The van der Waals surface area contributed by atoms with E-state index in [1.807, 2.05) is 24.3 Å². The van der Waals surface area contributed by atoms with Crippen LogP contribution in [0.1, 0.15) is 36.0 Å². The Labute approximate surface area is 194 Å².